The Balaban J connectivity index is 0.930. The van der Waals surface area contributed by atoms with Gasteiger partial charge in [-0.3, -0.25) is 0 Å². The molecule has 70 heavy (non-hydrogen) atoms. The van der Waals surface area contributed by atoms with Crippen molar-refractivity contribution in [1.82, 2.24) is 0 Å². The van der Waals surface area contributed by atoms with Gasteiger partial charge in [-0.15, -0.1) is 11.3 Å². The van der Waals surface area contributed by atoms with Gasteiger partial charge in [0.2, 0.25) is 0 Å². The molecule has 0 saturated heterocycles. The van der Waals surface area contributed by atoms with Crippen LogP contribution in [-0.2, 0) is 10.8 Å². The molecule has 0 atom stereocenters. The maximum atomic E-state index is 2.50. The lowest BCUT2D eigenvalue weighted by molar-refractivity contribution is 0.768. The molecular formula is C68H43NS. The molecule has 326 valence electrons. The third-order valence-electron chi connectivity index (χ3n) is 15.8. The van der Waals surface area contributed by atoms with E-state index in [0.29, 0.717) is 0 Å². The highest BCUT2D eigenvalue weighted by Gasteiger charge is 2.52. The molecule has 11 aromatic carbocycles. The van der Waals surface area contributed by atoms with Gasteiger partial charge in [0.15, 0.2) is 0 Å². The highest BCUT2D eigenvalue weighted by Crippen LogP contribution is 2.63. The minimum atomic E-state index is -0.483. The summed E-state index contributed by atoms with van der Waals surface area (Å²) in [6, 6.07) is 98.0. The number of benzene rings is 11. The van der Waals surface area contributed by atoms with E-state index in [9.17, 15) is 0 Å². The summed E-state index contributed by atoms with van der Waals surface area (Å²) >= 11 is 1.86. The third-order valence-corrected chi connectivity index (χ3v) is 16.9. The van der Waals surface area contributed by atoms with Gasteiger partial charge < -0.3 is 4.90 Å². The molecule has 0 unspecified atom stereocenters. The Labute approximate surface area is 411 Å². The summed E-state index contributed by atoms with van der Waals surface area (Å²) in [7, 11) is 0. The second-order valence-corrected chi connectivity index (χ2v) is 20.1. The molecule has 0 bridgehead atoms. The molecule has 3 aliphatic carbocycles. The molecule has 0 aliphatic heterocycles. The average Bonchev–Trinajstić information content (AvgIpc) is 4.14. The molecule has 1 spiro atoms. The van der Waals surface area contributed by atoms with Gasteiger partial charge in [-0.1, -0.05) is 206 Å². The van der Waals surface area contributed by atoms with Crippen molar-refractivity contribution in [3.8, 4) is 44.5 Å². The lowest BCUT2D eigenvalue weighted by Gasteiger charge is -2.35. The van der Waals surface area contributed by atoms with Crippen LogP contribution in [0.1, 0.15) is 44.5 Å². The van der Waals surface area contributed by atoms with Gasteiger partial charge >= 0.3 is 0 Å². The maximum absolute atomic E-state index is 2.50. The van der Waals surface area contributed by atoms with Crippen molar-refractivity contribution in [3.63, 3.8) is 0 Å². The Morgan fingerprint density at radius 2 is 0.671 bits per heavy atom. The van der Waals surface area contributed by atoms with E-state index in [0.717, 1.165) is 17.1 Å². The van der Waals surface area contributed by atoms with Crippen LogP contribution in [0.15, 0.2) is 261 Å². The maximum Gasteiger partial charge on any atom is 0.0726 e. The molecule has 2 heteroatoms. The average molecular weight is 906 g/mol. The summed E-state index contributed by atoms with van der Waals surface area (Å²) in [5.41, 5.74) is 23.1. The van der Waals surface area contributed by atoms with E-state index in [1.54, 1.807) is 0 Å². The molecule has 12 aromatic rings. The van der Waals surface area contributed by atoms with Crippen molar-refractivity contribution >= 4 is 48.6 Å². The van der Waals surface area contributed by atoms with Gasteiger partial charge in [0.1, 0.15) is 0 Å². The summed E-state index contributed by atoms with van der Waals surface area (Å²) < 4.78 is 2.64. The van der Waals surface area contributed by atoms with Crippen LogP contribution in [0.5, 0.6) is 0 Å². The Bertz CT molecular complexity index is 3960. The van der Waals surface area contributed by atoms with Crippen LogP contribution in [0.25, 0.3) is 64.7 Å². The van der Waals surface area contributed by atoms with Crippen LogP contribution in [0.2, 0.25) is 0 Å². The minimum absolute atomic E-state index is 0.454. The van der Waals surface area contributed by atoms with Gasteiger partial charge in [-0.25, -0.2) is 0 Å². The van der Waals surface area contributed by atoms with Gasteiger partial charge in [0.25, 0.3) is 0 Å². The molecule has 15 rings (SSSR count). The molecule has 0 fully saturated rings. The van der Waals surface area contributed by atoms with Crippen molar-refractivity contribution < 1.29 is 0 Å². The SMILES string of the molecule is c1ccc(C2(c3ccc(N(c4ccc(-c5ccc6sc7ccccc7c6c5)cc4)c4ccc5c(c4)C4(c6ccccc6-c6ccccc64)c4ccccc4-5)cc3)c3ccccc3-c3ccccc32)cc1. The molecule has 3 aliphatic rings. The standard InChI is InChI=1S/C68H43NS/c1-2-16-46(17-3-1)67(59-24-10-4-18-51(59)52-19-5-11-25-60(52)67)47-33-37-49(38-34-47)69(48-35-30-44(31-36-48)45-32-41-66-58(42-45)57-23-9-15-29-65(57)70-66)50-39-40-56-55-22-8-14-28-63(55)68(64(56)43-50)61-26-12-6-20-53(61)54-21-7-13-27-62(54)68/h1-43H. The first kappa shape index (κ1) is 39.4. The van der Waals surface area contributed by atoms with Crippen molar-refractivity contribution in [1.29, 1.82) is 0 Å². The third kappa shape index (κ3) is 5.31. The summed E-state index contributed by atoms with van der Waals surface area (Å²) in [4.78, 5) is 2.47. The summed E-state index contributed by atoms with van der Waals surface area (Å²) in [5.74, 6) is 0. The van der Waals surface area contributed by atoms with Crippen LogP contribution in [-0.4, -0.2) is 0 Å². The van der Waals surface area contributed by atoms with E-state index >= 15 is 0 Å². The Hall–Kier alpha value is -8.56. The fraction of sp³-hybridized carbons (Fsp3) is 0.0294. The second-order valence-electron chi connectivity index (χ2n) is 19.1. The van der Waals surface area contributed by atoms with Crippen LogP contribution >= 0.6 is 11.3 Å². The monoisotopic (exact) mass is 905 g/mol. The number of nitrogens with zero attached hydrogens (tertiary/aromatic N) is 1. The Kier molecular flexibility index (Phi) is 8.43. The van der Waals surface area contributed by atoms with Crippen LogP contribution < -0.4 is 4.90 Å². The Morgan fingerprint density at radius 3 is 1.24 bits per heavy atom. The fourth-order valence-corrected chi connectivity index (χ4v) is 14.0. The Morgan fingerprint density at radius 1 is 0.257 bits per heavy atom. The molecular weight excluding hydrogens is 863 g/mol. The van der Waals surface area contributed by atoms with Crippen molar-refractivity contribution in [3.05, 3.63) is 305 Å². The van der Waals surface area contributed by atoms with E-state index in [2.05, 4.69) is 266 Å². The number of anilines is 3. The van der Waals surface area contributed by atoms with E-state index in [4.69, 9.17) is 0 Å². The number of hydrogen-bond donors (Lipinski definition) is 0. The molecule has 0 amide bonds. The minimum Gasteiger partial charge on any atom is -0.310 e. The van der Waals surface area contributed by atoms with Crippen molar-refractivity contribution in [2.45, 2.75) is 10.8 Å². The molecule has 0 radical (unpaired) electrons. The summed E-state index contributed by atoms with van der Waals surface area (Å²) in [6.45, 7) is 0. The highest BCUT2D eigenvalue weighted by atomic mass is 32.1. The van der Waals surface area contributed by atoms with E-state index < -0.39 is 10.8 Å². The first-order valence-corrected chi connectivity index (χ1v) is 25.1. The van der Waals surface area contributed by atoms with Crippen LogP contribution in [0.4, 0.5) is 17.1 Å². The first-order chi connectivity index (χ1) is 34.7. The largest absolute Gasteiger partial charge is 0.310 e. The van der Waals surface area contributed by atoms with E-state index in [1.165, 1.54) is 109 Å². The van der Waals surface area contributed by atoms with Crippen LogP contribution in [0, 0.1) is 0 Å². The fourth-order valence-electron chi connectivity index (χ4n) is 13.0. The predicted octanol–water partition coefficient (Wildman–Crippen LogP) is 17.9. The normalized spacial score (nSPS) is 13.9. The molecule has 0 saturated carbocycles. The van der Waals surface area contributed by atoms with Gasteiger partial charge in [-0.2, -0.15) is 0 Å². The van der Waals surface area contributed by atoms with Crippen LogP contribution in [0.3, 0.4) is 0 Å². The lowest BCUT2D eigenvalue weighted by Crippen LogP contribution is -2.28. The smallest absolute Gasteiger partial charge is 0.0726 e. The first-order valence-electron chi connectivity index (χ1n) is 24.3. The molecule has 0 N–H and O–H groups in total. The zero-order valence-corrected chi connectivity index (χ0v) is 39.0. The zero-order chi connectivity index (χ0) is 46.0. The lowest BCUT2D eigenvalue weighted by atomic mass is 9.67. The predicted molar refractivity (Wildman–Crippen MR) is 293 cm³/mol. The van der Waals surface area contributed by atoms with E-state index in [-0.39, 0.29) is 0 Å². The van der Waals surface area contributed by atoms with Crippen molar-refractivity contribution in [2.75, 3.05) is 4.90 Å². The summed E-state index contributed by atoms with van der Waals surface area (Å²) in [5, 5.41) is 2.63. The number of hydrogen-bond acceptors (Lipinski definition) is 2. The number of rotatable bonds is 6. The number of fused-ring (bicyclic) bond motifs is 16. The summed E-state index contributed by atoms with van der Waals surface area (Å²) in [6.07, 6.45) is 0. The molecule has 1 aromatic heterocycles. The van der Waals surface area contributed by atoms with Gasteiger partial charge in [0, 0.05) is 37.2 Å². The zero-order valence-electron chi connectivity index (χ0n) is 38.2. The van der Waals surface area contributed by atoms with Gasteiger partial charge in [0.05, 0.1) is 10.8 Å². The number of thiophene rings is 1. The van der Waals surface area contributed by atoms with Gasteiger partial charge in [-0.05, 0) is 144 Å². The molecule has 1 heterocycles. The highest BCUT2D eigenvalue weighted by molar-refractivity contribution is 7.25. The second kappa shape index (κ2) is 15.0. The quantitative estimate of drug-likeness (QED) is 0.161. The van der Waals surface area contributed by atoms with Crippen molar-refractivity contribution in [2.24, 2.45) is 0 Å². The topological polar surface area (TPSA) is 3.24 Å². The van der Waals surface area contributed by atoms with E-state index in [1.807, 2.05) is 11.3 Å². The molecule has 1 nitrogen and oxygen atoms in total.